The van der Waals surface area contributed by atoms with Gasteiger partial charge >= 0.3 is 0 Å². The normalized spacial score (nSPS) is 18.9. The average molecular weight is 324 g/mol. The molecule has 8 nitrogen and oxygen atoms in total. The van der Waals surface area contributed by atoms with E-state index >= 15 is 0 Å². The Labute approximate surface area is 136 Å². The molecule has 2 aliphatic rings. The second kappa shape index (κ2) is 7.43. The highest BCUT2D eigenvalue weighted by Gasteiger charge is 2.27. The highest BCUT2D eigenvalue weighted by atomic mass is 16.2. The maximum Gasteiger partial charge on any atom is 0.232 e. The Morgan fingerprint density at radius 1 is 0.565 bits per heavy atom. The van der Waals surface area contributed by atoms with E-state index in [2.05, 4.69) is 0 Å². The molecule has 2 fully saturated rings. The molecule has 0 aromatic carbocycles. The lowest BCUT2D eigenvalue weighted by molar-refractivity contribution is -0.146. The van der Waals surface area contributed by atoms with Crippen molar-refractivity contribution in [2.75, 3.05) is 52.4 Å². The molecule has 8 heteroatoms. The molecule has 0 aromatic heterocycles. The maximum atomic E-state index is 12.2. The van der Waals surface area contributed by atoms with Crippen molar-refractivity contribution in [1.29, 1.82) is 0 Å². The number of piperazine rings is 2. The molecule has 0 bridgehead atoms. The fraction of sp³-hybridized carbons (Fsp3) is 0.733. The monoisotopic (exact) mass is 324 g/mol. The summed E-state index contributed by atoms with van der Waals surface area (Å²) < 4.78 is 0. The molecule has 128 valence electrons. The first-order valence-electron chi connectivity index (χ1n) is 7.95. The Morgan fingerprint density at radius 2 is 0.826 bits per heavy atom. The topological polar surface area (TPSA) is 81.2 Å². The van der Waals surface area contributed by atoms with E-state index < -0.39 is 0 Å². The van der Waals surface area contributed by atoms with Gasteiger partial charge in [0.05, 0.1) is 0 Å². The summed E-state index contributed by atoms with van der Waals surface area (Å²) in [5.41, 5.74) is 0. The van der Waals surface area contributed by atoms with Crippen molar-refractivity contribution in [3.8, 4) is 0 Å². The molecule has 4 amide bonds. The highest BCUT2D eigenvalue weighted by molar-refractivity contribution is 5.97. The molecule has 0 unspecified atom stereocenters. The Kier molecular flexibility index (Phi) is 5.57. The number of carbonyl (C=O) groups is 4. The fourth-order valence-corrected chi connectivity index (χ4v) is 2.89. The van der Waals surface area contributed by atoms with E-state index in [0.29, 0.717) is 52.4 Å². The van der Waals surface area contributed by atoms with Gasteiger partial charge in [-0.1, -0.05) is 0 Å². The van der Waals surface area contributed by atoms with Gasteiger partial charge in [-0.3, -0.25) is 19.2 Å². The number of nitrogens with zero attached hydrogens (tertiary/aromatic N) is 4. The van der Waals surface area contributed by atoms with Crippen LogP contribution in [-0.4, -0.2) is 95.6 Å². The summed E-state index contributed by atoms with van der Waals surface area (Å²) in [7, 11) is 0. The minimum atomic E-state index is -0.188. The van der Waals surface area contributed by atoms with E-state index in [1.54, 1.807) is 19.6 Å². The molecule has 0 spiro atoms. The Hall–Kier alpha value is -2.12. The Morgan fingerprint density at radius 3 is 1.09 bits per heavy atom. The zero-order chi connectivity index (χ0) is 17.0. The second-order valence-electron chi connectivity index (χ2n) is 5.95. The predicted octanol–water partition coefficient (Wildman–Crippen LogP) is -1.24. The van der Waals surface area contributed by atoms with Crippen molar-refractivity contribution in [2.45, 2.75) is 20.3 Å². The molecule has 0 aliphatic carbocycles. The van der Waals surface area contributed by atoms with Crippen LogP contribution < -0.4 is 0 Å². The number of rotatable bonds is 2. The van der Waals surface area contributed by atoms with Crippen molar-refractivity contribution in [1.82, 2.24) is 19.6 Å². The Balaban J connectivity index is 1.76. The molecule has 2 heterocycles. The Bertz CT molecular complexity index is 448. The third-order valence-electron chi connectivity index (χ3n) is 4.46. The van der Waals surface area contributed by atoms with Crippen LogP contribution in [0.25, 0.3) is 0 Å². The van der Waals surface area contributed by atoms with Gasteiger partial charge in [0.1, 0.15) is 6.42 Å². The summed E-state index contributed by atoms with van der Waals surface area (Å²) in [6.45, 7) is 7.02. The molecule has 2 saturated heterocycles. The van der Waals surface area contributed by atoms with Crippen molar-refractivity contribution < 1.29 is 19.2 Å². The second-order valence-corrected chi connectivity index (χ2v) is 5.95. The predicted molar refractivity (Wildman–Crippen MR) is 82.3 cm³/mol. The minimum absolute atomic E-state index is 0.0107. The first kappa shape index (κ1) is 17.2. The van der Waals surface area contributed by atoms with Crippen molar-refractivity contribution in [2.24, 2.45) is 0 Å². The van der Waals surface area contributed by atoms with Crippen molar-refractivity contribution in [3.05, 3.63) is 0 Å². The largest absolute Gasteiger partial charge is 0.339 e. The smallest absolute Gasteiger partial charge is 0.232 e. The molecule has 0 atom stereocenters. The highest BCUT2D eigenvalue weighted by Crippen LogP contribution is 2.08. The quantitative estimate of drug-likeness (QED) is 0.595. The minimum Gasteiger partial charge on any atom is -0.339 e. The third-order valence-corrected chi connectivity index (χ3v) is 4.46. The van der Waals surface area contributed by atoms with Gasteiger partial charge < -0.3 is 19.6 Å². The lowest BCUT2D eigenvalue weighted by Crippen LogP contribution is -2.53. The van der Waals surface area contributed by atoms with Crippen molar-refractivity contribution in [3.63, 3.8) is 0 Å². The van der Waals surface area contributed by atoms with E-state index in [4.69, 9.17) is 0 Å². The number of amides is 4. The van der Waals surface area contributed by atoms with Gasteiger partial charge in [0.15, 0.2) is 0 Å². The summed E-state index contributed by atoms with van der Waals surface area (Å²) in [6, 6.07) is 0. The van der Waals surface area contributed by atoms with Gasteiger partial charge in [0.25, 0.3) is 0 Å². The van der Waals surface area contributed by atoms with Crippen molar-refractivity contribution >= 4 is 23.6 Å². The van der Waals surface area contributed by atoms with Gasteiger partial charge in [-0.05, 0) is 0 Å². The van der Waals surface area contributed by atoms with E-state index in [1.165, 1.54) is 13.8 Å². The summed E-state index contributed by atoms with van der Waals surface area (Å²) in [4.78, 5) is 53.6. The molecule has 2 rings (SSSR count). The standard InChI is InChI=1S/C15H24N4O4/c1-12(20)16-3-7-18(8-4-16)14(22)11-15(23)19-9-5-17(6-10-19)13(2)21/h3-11H2,1-2H3. The molecule has 0 N–H and O–H groups in total. The van der Waals surface area contributed by atoms with Crippen LogP contribution in [0.3, 0.4) is 0 Å². The molecular weight excluding hydrogens is 300 g/mol. The fourth-order valence-electron chi connectivity index (χ4n) is 2.89. The van der Waals surface area contributed by atoms with E-state index in [9.17, 15) is 19.2 Å². The van der Waals surface area contributed by atoms with E-state index in [1.807, 2.05) is 0 Å². The zero-order valence-corrected chi connectivity index (χ0v) is 13.8. The third kappa shape index (κ3) is 4.43. The average Bonchev–Trinajstić information content (AvgIpc) is 2.54. The molecule has 0 radical (unpaired) electrons. The van der Waals surface area contributed by atoms with Crippen LogP contribution in [0.15, 0.2) is 0 Å². The summed E-state index contributed by atoms with van der Waals surface area (Å²) in [6.07, 6.45) is -0.139. The van der Waals surface area contributed by atoms with Crippen LogP contribution >= 0.6 is 0 Å². The van der Waals surface area contributed by atoms with E-state index in [0.717, 1.165) is 0 Å². The van der Waals surface area contributed by atoms with Crippen LogP contribution in [0.4, 0.5) is 0 Å². The lowest BCUT2D eigenvalue weighted by atomic mass is 10.2. The molecule has 0 aromatic rings. The van der Waals surface area contributed by atoms with Gasteiger partial charge in [-0.15, -0.1) is 0 Å². The number of hydrogen-bond acceptors (Lipinski definition) is 4. The zero-order valence-electron chi connectivity index (χ0n) is 13.8. The SMILES string of the molecule is CC(=O)N1CCN(C(=O)CC(=O)N2CCN(C(C)=O)CC2)CC1. The first-order valence-corrected chi connectivity index (χ1v) is 7.95. The van der Waals surface area contributed by atoms with Crippen LogP contribution in [0.1, 0.15) is 20.3 Å². The van der Waals surface area contributed by atoms with Crippen LogP contribution in [-0.2, 0) is 19.2 Å². The number of hydrogen-bond donors (Lipinski definition) is 0. The maximum absolute atomic E-state index is 12.2. The summed E-state index contributed by atoms with van der Waals surface area (Å²) in [5.74, 6) is -0.354. The first-order chi connectivity index (χ1) is 10.9. The lowest BCUT2D eigenvalue weighted by Gasteiger charge is -2.36. The van der Waals surface area contributed by atoms with E-state index in [-0.39, 0.29) is 30.0 Å². The molecule has 2 aliphatic heterocycles. The molecule has 0 saturated carbocycles. The van der Waals surface area contributed by atoms with Crippen LogP contribution in [0.2, 0.25) is 0 Å². The number of carbonyl (C=O) groups excluding carboxylic acids is 4. The molecule has 23 heavy (non-hydrogen) atoms. The molecular formula is C15H24N4O4. The van der Waals surface area contributed by atoms with Gasteiger partial charge in [0.2, 0.25) is 23.6 Å². The summed E-state index contributed by atoms with van der Waals surface area (Å²) >= 11 is 0. The van der Waals surface area contributed by atoms with Gasteiger partial charge in [-0.25, -0.2) is 0 Å². The van der Waals surface area contributed by atoms with Crippen LogP contribution in [0, 0.1) is 0 Å². The summed E-state index contributed by atoms with van der Waals surface area (Å²) in [5, 5.41) is 0. The van der Waals surface area contributed by atoms with Gasteiger partial charge in [-0.2, -0.15) is 0 Å². The van der Waals surface area contributed by atoms with Crippen LogP contribution in [0.5, 0.6) is 0 Å². The van der Waals surface area contributed by atoms with Gasteiger partial charge in [0, 0.05) is 66.2 Å².